The van der Waals surface area contributed by atoms with E-state index in [1.165, 1.54) is 0 Å². The zero-order chi connectivity index (χ0) is 15.2. The largest absolute Gasteiger partial charge is 0.493 e. The molecule has 0 aliphatic carbocycles. The lowest BCUT2D eigenvalue weighted by molar-refractivity contribution is -0.145. The third-order valence-corrected chi connectivity index (χ3v) is 3.70. The zero-order valence-electron chi connectivity index (χ0n) is 12.2. The number of likely N-dealkylation sites (tertiary alicyclic amines) is 1. The molecule has 1 aliphatic heterocycles. The standard InChI is InChI=1S/C16H21NO4/c1-12-4-2-6-14(10-12)21-9-7-15(18)17-8-3-5-13(11-17)16(19)20/h2,4,6,10,13H,3,5,7-9,11H2,1H3,(H,19,20)/t13-/m0/s1. The SMILES string of the molecule is Cc1cccc(OCCC(=O)N2CCC[C@H](C(=O)O)C2)c1. The quantitative estimate of drug-likeness (QED) is 0.902. The molecule has 1 amide bonds. The molecule has 1 aliphatic rings. The van der Waals surface area contributed by atoms with Crippen molar-refractivity contribution in [2.45, 2.75) is 26.2 Å². The van der Waals surface area contributed by atoms with E-state index in [1.807, 2.05) is 31.2 Å². The third-order valence-electron chi connectivity index (χ3n) is 3.70. The van der Waals surface area contributed by atoms with E-state index < -0.39 is 11.9 Å². The molecule has 1 fully saturated rings. The van der Waals surface area contributed by atoms with Gasteiger partial charge in [0.15, 0.2) is 0 Å². The van der Waals surface area contributed by atoms with Crippen LogP contribution < -0.4 is 4.74 Å². The Bertz CT molecular complexity index is 515. The molecule has 0 bridgehead atoms. The molecule has 1 aromatic carbocycles. The maximum Gasteiger partial charge on any atom is 0.308 e. The van der Waals surface area contributed by atoms with Crippen LogP contribution in [0.25, 0.3) is 0 Å². The van der Waals surface area contributed by atoms with Gasteiger partial charge in [0.25, 0.3) is 0 Å². The Morgan fingerprint density at radius 3 is 2.95 bits per heavy atom. The number of aryl methyl sites for hydroxylation is 1. The molecule has 1 atom stereocenters. The molecule has 114 valence electrons. The molecule has 0 saturated carbocycles. The van der Waals surface area contributed by atoms with E-state index in [1.54, 1.807) is 4.90 Å². The van der Waals surface area contributed by atoms with Crippen molar-refractivity contribution in [3.8, 4) is 5.75 Å². The molecule has 5 nitrogen and oxygen atoms in total. The van der Waals surface area contributed by atoms with Crippen LogP contribution in [0.15, 0.2) is 24.3 Å². The van der Waals surface area contributed by atoms with Gasteiger partial charge in [-0.05, 0) is 37.5 Å². The van der Waals surface area contributed by atoms with Gasteiger partial charge < -0.3 is 14.7 Å². The number of carbonyl (C=O) groups excluding carboxylic acids is 1. The van der Waals surface area contributed by atoms with Crippen LogP contribution in [0.3, 0.4) is 0 Å². The van der Waals surface area contributed by atoms with Gasteiger partial charge in [-0.1, -0.05) is 12.1 Å². The van der Waals surface area contributed by atoms with E-state index in [2.05, 4.69) is 0 Å². The van der Waals surface area contributed by atoms with Crippen molar-refractivity contribution in [3.05, 3.63) is 29.8 Å². The fourth-order valence-electron chi connectivity index (χ4n) is 2.52. The first-order valence-electron chi connectivity index (χ1n) is 7.26. The summed E-state index contributed by atoms with van der Waals surface area (Å²) in [6.45, 7) is 3.26. The number of benzene rings is 1. The van der Waals surface area contributed by atoms with Crippen LogP contribution in [0, 0.1) is 12.8 Å². The van der Waals surface area contributed by atoms with Crippen molar-refractivity contribution < 1.29 is 19.4 Å². The minimum absolute atomic E-state index is 0.0337. The highest BCUT2D eigenvalue weighted by Crippen LogP contribution is 2.18. The molecule has 0 aromatic heterocycles. The average Bonchev–Trinajstić information content (AvgIpc) is 2.47. The number of carboxylic acid groups (broad SMARTS) is 1. The first-order chi connectivity index (χ1) is 10.1. The Labute approximate surface area is 124 Å². The number of hydrogen-bond acceptors (Lipinski definition) is 3. The topological polar surface area (TPSA) is 66.8 Å². The van der Waals surface area contributed by atoms with Gasteiger partial charge in [0.05, 0.1) is 18.9 Å². The van der Waals surface area contributed by atoms with Crippen LogP contribution >= 0.6 is 0 Å². The van der Waals surface area contributed by atoms with Crippen molar-refractivity contribution in [2.75, 3.05) is 19.7 Å². The van der Waals surface area contributed by atoms with E-state index in [9.17, 15) is 9.59 Å². The second-order valence-corrected chi connectivity index (χ2v) is 5.43. The van der Waals surface area contributed by atoms with Crippen molar-refractivity contribution in [2.24, 2.45) is 5.92 Å². The van der Waals surface area contributed by atoms with Crippen LogP contribution in [-0.2, 0) is 9.59 Å². The zero-order valence-corrected chi connectivity index (χ0v) is 12.2. The first-order valence-corrected chi connectivity index (χ1v) is 7.26. The van der Waals surface area contributed by atoms with E-state index in [0.29, 0.717) is 26.1 Å². The van der Waals surface area contributed by atoms with Crippen molar-refractivity contribution >= 4 is 11.9 Å². The van der Waals surface area contributed by atoms with Crippen LogP contribution in [0.2, 0.25) is 0 Å². The highest BCUT2D eigenvalue weighted by Gasteiger charge is 2.27. The van der Waals surface area contributed by atoms with E-state index >= 15 is 0 Å². The van der Waals surface area contributed by atoms with Gasteiger partial charge in [-0.3, -0.25) is 9.59 Å². The summed E-state index contributed by atoms with van der Waals surface area (Å²) in [7, 11) is 0. The molecular weight excluding hydrogens is 270 g/mol. The predicted molar refractivity (Wildman–Crippen MR) is 78.2 cm³/mol. The second-order valence-electron chi connectivity index (χ2n) is 5.43. The van der Waals surface area contributed by atoms with Crippen LogP contribution in [0.1, 0.15) is 24.8 Å². The van der Waals surface area contributed by atoms with Crippen LogP contribution in [0.5, 0.6) is 5.75 Å². The predicted octanol–water partition coefficient (Wildman–Crippen LogP) is 2.09. The number of ether oxygens (including phenoxy) is 1. The molecular formula is C16H21NO4. The molecule has 2 rings (SSSR count). The first kappa shape index (κ1) is 15.4. The van der Waals surface area contributed by atoms with E-state index in [-0.39, 0.29) is 12.3 Å². The lowest BCUT2D eigenvalue weighted by atomic mass is 9.98. The fourth-order valence-corrected chi connectivity index (χ4v) is 2.52. The van der Waals surface area contributed by atoms with Crippen molar-refractivity contribution in [1.29, 1.82) is 0 Å². The van der Waals surface area contributed by atoms with Gasteiger partial charge in [0.2, 0.25) is 5.91 Å². The second kappa shape index (κ2) is 7.11. The molecule has 21 heavy (non-hydrogen) atoms. The van der Waals surface area contributed by atoms with Gasteiger partial charge in [-0.2, -0.15) is 0 Å². The molecule has 0 spiro atoms. The summed E-state index contributed by atoms with van der Waals surface area (Å²) in [5, 5.41) is 9.03. The summed E-state index contributed by atoms with van der Waals surface area (Å²) in [6.07, 6.45) is 1.68. The van der Waals surface area contributed by atoms with E-state index in [4.69, 9.17) is 9.84 Å². The van der Waals surface area contributed by atoms with Gasteiger partial charge in [0, 0.05) is 13.1 Å². The smallest absolute Gasteiger partial charge is 0.308 e. The highest BCUT2D eigenvalue weighted by atomic mass is 16.5. The number of rotatable bonds is 5. The third kappa shape index (κ3) is 4.48. The molecule has 0 radical (unpaired) electrons. The number of nitrogens with zero attached hydrogens (tertiary/aromatic N) is 1. The van der Waals surface area contributed by atoms with Crippen LogP contribution in [0.4, 0.5) is 0 Å². The van der Waals surface area contributed by atoms with Gasteiger partial charge in [0.1, 0.15) is 5.75 Å². The molecule has 1 N–H and O–H groups in total. The molecule has 5 heteroatoms. The lowest BCUT2D eigenvalue weighted by Crippen LogP contribution is -2.42. The maximum atomic E-state index is 12.1. The maximum absolute atomic E-state index is 12.1. The van der Waals surface area contributed by atoms with Gasteiger partial charge in [-0.15, -0.1) is 0 Å². The number of amides is 1. The number of hydrogen-bond donors (Lipinski definition) is 1. The summed E-state index contributed by atoms with van der Waals surface area (Å²) >= 11 is 0. The molecule has 1 heterocycles. The Kier molecular flexibility index (Phi) is 5.20. The molecule has 1 aromatic rings. The van der Waals surface area contributed by atoms with Crippen molar-refractivity contribution in [3.63, 3.8) is 0 Å². The minimum atomic E-state index is -0.816. The Morgan fingerprint density at radius 1 is 1.43 bits per heavy atom. The number of carbonyl (C=O) groups is 2. The average molecular weight is 291 g/mol. The van der Waals surface area contributed by atoms with Gasteiger partial charge >= 0.3 is 5.97 Å². The van der Waals surface area contributed by atoms with E-state index in [0.717, 1.165) is 17.7 Å². The lowest BCUT2D eigenvalue weighted by Gasteiger charge is -2.30. The summed E-state index contributed by atoms with van der Waals surface area (Å²) in [6, 6.07) is 7.68. The summed E-state index contributed by atoms with van der Waals surface area (Å²) in [5.74, 6) is -0.526. The monoisotopic (exact) mass is 291 g/mol. The fraction of sp³-hybridized carbons (Fsp3) is 0.500. The summed E-state index contributed by atoms with van der Waals surface area (Å²) in [5.41, 5.74) is 1.11. The Morgan fingerprint density at radius 2 is 2.24 bits per heavy atom. The van der Waals surface area contributed by atoms with Crippen molar-refractivity contribution in [1.82, 2.24) is 4.90 Å². The highest BCUT2D eigenvalue weighted by molar-refractivity contribution is 5.78. The number of piperidine rings is 1. The van der Waals surface area contributed by atoms with Gasteiger partial charge in [-0.25, -0.2) is 0 Å². The number of aliphatic carboxylic acids is 1. The molecule has 1 saturated heterocycles. The normalized spacial score (nSPS) is 18.3. The Hall–Kier alpha value is -2.04. The molecule has 0 unspecified atom stereocenters. The minimum Gasteiger partial charge on any atom is -0.493 e. The summed E-state index contributed by atoms with van der Waals surface area (Å²) in [4.78, 5) is 24.7. The Balaban J connectivity index is 1.78. The summed E-state index contributed by atoms with van der Waals surface area (Å²) < 4.78 is 5.56. The van der Waals surface area contributed by atoms with Crippen LogP contribution in [-0.4, -0.2) is 41.6 Å². The number of carboxylic acids is 1.